The molecular formula is C13H19FN2O2. The molecule has 1 unspecified atom stereocenters. The Kier molecular flexibility index (Phi) is 5.22. The van der Waals surface area contributed by atoms with E-state index in [2.05, 4.69) is 13.8 Å². The predicted octanol–water partition coefficient (Wildman–Crippen LogP) is 3.21. The van der Waals surface area contributed by atoms with Crippen LogP contribution in [0.5, 0.6) is 0 Å². The molecule has 1 aromatic rings. The van der Waals surface area contributed by atoms with Crippen molar-refractivity contribution in [2.75, 3.05) is 13.6 Å². The first kappa shape index (κ1) is 14.6. The van der Waals surface area contributed by atoms with Crippen LogP contribution in [0.15, 0.2) is 18.2 Å². The molecule has 0 heterocycles. The molecule has 100 valence electrons. The van der Waals surface area contributed by atoms with Gasteiger partial charge in [-0.25, -0.2) is 0 Å². The van der Waals surface area contributed by atoms with E-state index in [0.717, 1.165) is 13.0 Å². The van der Waals surface area contributed by atoms with E-state index < -0.39 is 16.4 Å². The van der Waals surface area contributed by atoms with E-state index in [1.807, 2.05) is 11.9 Å². The molecule has 0 spiro atoms. The zero-order valence-corrected chi connectivity index (χ0v) is 11.0. The normalized spacial score (nSPS) is 12.7. The SMILES string of the molecule is CCC(C)CN(C)Cc1cccc([N+](=O)[O-])c1F. The molecule has 0 radical (unpaired) electrons. The molecule has 0 N–H and O–H groups in total. The third-order valence-corrected chi connectivity index (χ3v) is 3.02. The van der Waals surface area contributed by atoms with Crippen molar-refractivity contribution in [3.8, 4) is 0 Å². The van der Waals surface area contributed by atoms with E-state index in [1.54, 1.807) is 6.07 Å². The second-order valence-corrected chi connectivity index (χ2v) is 4.72. The molecule has 0 saturated heterocycles. The Morgan fingerprint density at radius 3 is 2.72 bits per heavy atom. The van der Waals surface area contributed by atoms with Crippen LogP contribution in [0.2, 0.25) is 0 Å². The average Bonchev–Trinajstić information content (AvgIpc) is 2.31. The van der Waals surface area contributed by atoms with E-state index in [9.17, 15) is 14.5 Å². The van der Waals surface area contributed by atoms with Crippen molar-refractivity contribution >= 4 is 5.69 Å². The van der Waals surface area contributed by atoms with Crippen molar-refractivity contribution in [3.05, 3.63) is 39.7 Å². The van der Waals surface area contributed by atoms with Gasteiger partial charge >= 0.3 is 5.69 Å². The maximum Gasteiger partial charge on any atom is 0.305 e. The highest BCUT2D eigenvalue weighted by Gasteiger charge is 2.18. The summed E-state index contributed by atoms with van der Waals surface area (Å²) in [5.74, 6) is -0.199. The molecule has 1 rings (SSSR count). The Morgan fingerprint density at radius 2 is 2.17 bits per heavy atom. The highest BCUT2D eigenvalue weighted by Crippen LogP contribution is 2.21. The Labute approximate surface area is 107 Å². The van der Waals surface area contributed by atoms with Crippen LogP contribution < -0.4 is 0 Å². The maximum atomic E-state index is 13.8. The van der Waals surface area contributed by atoms with Gasteiger partial charge in [-0.3, -0.25) is 10.1 Å². The largest absolute Gasteiger partial charge is 0.305 e. The number of benzene rings is 1. The Balaban J connectivity index is 2.79. The van der Waals surface area contributed by atoms with Crippen LogP contribution in [-0.2, 0) is 6.54 Å². The molecule has 1 aromatic carbocycles. The third-order valence-electron chi connectivity index (χ3n) is 3.02. The topological polar surface area (TPSA) is 46.4 Å². The fourth-order valence-corrected chi connectivity index (χ4v) is 1.85. The summed E-state index contributed by atoms with van der Waals surface area (Å²) < 4.78 is 13.8. The summed E-state index contributed by atoms with van der Waals surface area (Å²) in [6.07, 6.45) is 1.06. The number of nitrogens with zero attached hydrogens (tertiary/aromatic N) is 2. The van der Waals surface area contributed by atoms with Crippen LogP contribution >= 0.6 is 0 Å². The zero-order chi connectivity index (χ0) is 13.7. The molecular weight excluding hydrogens is 235 g/mol. The van der Waals surface area contributed by atoms with Gasteiger partial charge in [0.1, 0.15) is 0 Å². The summed E-state index contributed by atoms with van der Waals surface area (Å²) in [5.41, 5.74) is -0.0838. The molecule has 0 amide bonds. The highest BCUT2D eigenvalue weighted by molar-refractivity contribution is 5.36. The minimum Gasteiger partial charge on any atom is -0.302 e. The molecule has 0 bridgehead atoms. The van der Waals surface area contributed by atoms with Crippen LogP contribution in [0.25, 0.3) is 0 Å². The van der Waals surface area contributed by atoms with Crippen LogP contribution in [0.4, 0.5) is 10.1 Å². The van der Waals surface area contributed by atoms with Crippen LogP contribution in [0.1, 0.15) is 25.8 Å². The predicted molar refractivity (Wildman–Crippen MR) is 68.8 cm³/mol. The number of rotatable bonds is 6. The van der Waals surface area contributed by atoms with E-state index in [-0.39, 0.29) is 0 Å². The number of nitro groups is 1. The monoisotopic (exact) mass is 254 g/mol. The van der Waals surface area contributed by atoms with Gasteiger partial charge < -0.3 is 4.90 Å². The van der Waals surface area contributed by atoms with E-state index in [0.29, 0.717) is 18.0 Å². The standard InChI is InChI=1S/C13H19FN2O2/c1-4-10(2)8-15(3)9-11-6-5-7-12(13(11)14)16(17)18/h5-7,10H,4,8-9H2,1-3H3. The first-order valence-corrected chi connectivity index (χ1v) is 6.06. The Bertz CT molecular complexity index is 423. The van der Waals surface area contributed by atoms with E-state index in [4.69, 9.17) is 0 Å². The molecule has 0 aliphatic heterocycles. The number of hydrogen-bond acceptors (Lipinski definition) is 3. The van der Waals surface area contributed by atoms with Gasteiger partial charge in [-0.05, 0) is 13.0 Å². The van der Waals surface area contributed by atoms with Gasteiger partial charge in [0.15, 0.2) is 0 Å². The minimum atomic E-state index is -0.724. The second kappa shape index (κ2) is 6.44. The summed E-state index contributed by atoms with van der Waals surface area (Å²) in [6, 6.07) is 4.30. The van der Waals surface area contributed by atoms with Crippen molar-refractivity contribution in [2.24, 2.45) is 5.92 Å². The van der Waals surface area contributed by atoms with Crippen LogP contribution in [-0.4, -0.2) is 23.4 Å². The lowest BCUT2D eigenvalue weighted by molar-refractivity contribution is -0.387. The lowest BCUT2D eigenvalue weighted by atomic mass is 10.1. The summed E-state index contributed by atoms with van der Waals surface area (Å²) in [6.45, 7) is 5.46. The van der Waals surface area contributed by atoms with Crippen molar-refractivity contribution in [1.82, 2.24) is 4.90 Å². The third kappa shape index (κ3) is 3.77. The molecule has 4 nitrogen and oxygen atoms in total. The van der Waals surface area contributed by atoms with Crippen molar-refractivity contribution in [3.63, 3.8) is 0 Å². The first-order chi connectivity index (χ1) is 8.45. The zero-order valence-electron chi connectivity index (χ0n) is 11.0. The number of nitro benzene ring substituents is 1. The van der Waals surface area contributed by atoms with Crippen molar-refractivity contribution in [2.45, 2.75) is 26.8 Å². The van der Waals surface area contributed by atoms with Gasteiger partial charge in [0.05, 0.1) is 4.92 Å². The molecule has 0 aliphatic rings. The smallest absolute Gasteiger partial charge is 0.302 e. The molecule has 5 heteroatoms. The molecule has 0 fully saturated rings. The van der Waals surface area contributed by atoms with Crippen molar-refractivity contribution in [1.29, 1.82) is 0 Å². The summed E-state index contributed by atoms with van der Waals surface area (Å²) in [7, 11) is 1.89. The van der Waals surface area contributed by atoms with Gasteiger partial charge in [0.25, 0.3) is 0 Å². The maximum absolute atomic E-state index is 13.8. The minimum absolute atomic E-state index is 0.370. The fraction of sp³-hybridized carbons (Fsp3) is 0.538. The van der Waals surface area contributed by atoms with Gasteiger partial charge in [-0.1, -0.05) is 32.4 Å². The van der Waals surface area contributed by atoms with Crippen molar-refractivity contribution < 1.29 is 9.31 Å². The van der Waals surface area contributed by atoms with Gasteiger partial charge in [0.2, 0.25) is 5.82 Å². The lowest BCUT2D eigenvalue weighted by Gasteiger charge is -2.20. The fourth-order valence-electron chi connectivity index (χ4n) is 1.85. The summed E-state index contributed by atoms with van der Waals surface area (Å²) >= 11 is 0. The lowest BCUT2D eigenvalue weighted by Crippen LogP contribution is -2.24. The molecule has 0 aliphatic carbocycles. The summed E-state index contributed by atoms with van der Waals surface area (Å²) in [4.78, 5) is 11.9. The quantitative estimate of drug-likeness (QED) is 0.578. The second-order valence-electron chi connectivity index (χ2n) is 4.72. The average molecular weight is 254 g/mol. The number of hydrogen-bond donors (Lipinski definition) is 0. The Hall–Kier alpha value is -1.49. The molecule has 1 atom stereocenters. The molecule has 0 saturated carbocycles. The van der Waals surface area contributed by atoms with E-state index >= 15 is 0 Å². The van der Waals surface area contributed by atoms with Gasteiger partial charge in [-0.2, -0.15) is 4.39 Å². The first-order valence-electron chi connectivity index (χ1n) is 6.06. The van der Waals surface area contributed by atoms with Gasteiger partial charge in [-0.15, -0.1) is 0 Å². The van der Waals surface area contributed by atoms with Gasteiger partial charge in [0, 0.05) is 24.7 Å². The highest BCUT2D eigenvalue weighted by atomic mass is 19.1. The molecule has 18 heavy (non-hydrogen) atoms. The summed E-state index contributed by atoms with van der Waals surface area (Å²) in [5, 5.41) is 10.6. The van der Waals surface area contributed by atoms with Crippen LogP contribution in [0.3, 0.4) is 0 Å². The Morgan fingerprint density at radius 1 is 1.50 bits per heavy atom. The molecule has 0 aromatic heterocycles. The number of halogens is 1. The van der Waals surface area contributed by atoms with E-state index in [1.165, 1.54) is 12.1 Å². The van der Waals surface area contributed by atoms with Crippen LogP contribution in [0, 0.1) is 21.8 Å².